The van der Waals surface area contributed by atoms with E-state index in [1.54, 1.807) is 27.8 Å². The summed E-state index contributed by atoms with van der Waals surface area (Å²) in [5, 5.41) is 0.561. The molecule has 1 aliphatic rings. The molecule has 0 saturated carbocycles. The number of hydrogen-bond acceptors (Lipinski definition) is 5. The van der Waals surface area contributed by atoms with E-state index >= 15 is 0 Å². The average Bonchev–Trinajstić information content (AvgIpc) is 2.98. The van der Waals surface area contributed by atoms with Gasteiger partial charge in [-0.1, -0.05) is 18.5 Å². The number of halogens is 1. The molecule has 8 heteroatoms. The van der Waals surface area contributed by atoms with E-state index in [1.165, 1.54) is 0 Å². The van der Waals surface area contributed by atoms with Crippen LogP contribution in [0.1, 0.15) is 34.4 Å². The SMILES string of the molecule is CCc1nc2ccc(Cl)cn2c1C(=O)N1CCc2cnc(N)nc2C1. The zero-order valence-corrected chi connectivity index (χ0v) is 14.5. The summed E-state index contributed by atoms with van der Waals surface area (Å²) in [7, 11) is 0. The van der Waals surface area contributed by atoms with Gasteiger partial charge in [0.2, 0.25) is 5.95 Å². The van der Waals surface area contributed by atoms with Crippen LogP contribution in [0.4, 0.5) is 5.95 Å². The minimum Gasteiger partial charge on any atom is -0.368 e. The van der Waals surface area contributed by atoms with E-state index in [4.69, 9.17) is 17.3 Å². The van der Waals surface area contributed by atoms with Crippen LogP contribution in [0.25, 0.3) is 5.65 Å². The number of anilines is 1. The highest BCUT2D eigenvalue weighted by atomic mass is 35.5. The normalized spacial score (nSPS) is 13.9. The Kier molecular flexibility index (Phi) is 3.80. The number of carbonyl (C=O) groups excluding carboxylic acids is 1. The molecule has 0 aromatic carbocycles. The maximum atomic E-state index is 13.2. The maximum Gasteiger partial charge on any atom is 0.273 e. The fourth-order valence-corrected chi connectivity index (χ4v) is 3.34. The van der Waals surface area contributed by atoms with Gasteiger partial charge < -0.3 is 10.6 Å². The molecule has 0 radical (unpaired) electrons. The van der Waals surface area contributed by atoms with Crippen LogP contribution >= 0.6 is 11.6 Å². The van der Waals surface area contributed by atoms with Gasteiger partial charge in [-0.25, -0.2) is 15.0 Å². The molecule has 3 aromatic rings. The predicted molar refractivity (Wildman–Crippen MR) is 94.5 cm³/mol. The topological polar surface area (TPSA) is 89.4 Å². The van der Waals surface area contributed by atoms with Crippen molar-refractivity contribution in [3.8, 4) is 0 Å². The first-order chi connectivity index (χ1) is 12.1. The molecule has 128 valence electrons. The smallest absolute Gasteiger partial charge is 0.273 e. The highest BCUT2D eigenvalue weighted by Crippen LogP contribution is 2.23. The third-order valence-electron chi connectivity index (χ3n) is 4.44. The monoisotopic (exact) mass is 356 g/mol. The van der Waals surface area contributed by atoms with Gasteiger partial charge in [-0.3, -0.25) is 9.20 Å². The zero-order chi connectivity index (χ0) is 17.6. The largest absolute Gasteiger partial charge is 0.368 e. The minimum atomic E-state index is -0.0746. The predicted octanol–water partition coefficient (Wildman–Crippen LogP) is 2.12. The van der Waals surface area contributed by atoms with Crippen molar-refractivity contribution in [1.82, 2.24) is 24.3 Å². The number of imidazole rings is 1. The Morgan fingerprint density at radius 2 is 2.20 bits per heavy atom. The number of aryl methyl sites for hydroxylation is 1. The van der Waals surface area contributed by atoms with Gasteiger partial charge in [-0.2, -0.15) is 0 Å². The maximum absolute atomic E-state index is 13.2. The lowest BCUT2D eigenvalue weighted by Crippen LogP contribution is -2.37. The number of aromatic nitrogens is 4. The third-order valence-corrected chi connectivity index (χ3v) is 4.67. The van der Waals surface area contributed by atoms with Gasteiger partial charge in [-0.15, -0.1) is 0 Å². The molecule has 1 amide bonds. The van der Waals surface area contributed by atoms with Crippen LogP contribution in [0.2, 0.25) is 5.02 Å². The van der Waals surface area contributed by atoms with Crippen molar-refractivity contribution in [3.05, 3.63) is 52.2 Å². The fourth-order valence-electron chi connectivity index (χ4n) is 3.18. The van der Waals surface area contributed by atoms with Crippen LogP contribution in [0.15, 0.2) is 24.5 Å². The molecule has 2 N–H and O–H groups in total. The highest BCUT2D eigenvalue weighted by molar-refractivity contribution is 6.30. The summed E-state index contributed by atoms with van der Waals surface area (Å²) in [4.78, 5) is 27.8. The summed E-state index contributed by atoms with van der Waals surface area (Å²) in [6.45, 7) is 3.01. The van der Waals surface area contributed by atoms with Crippen molar-refractivity contribution in [1.29, 1.82) is 0 Å². The number of hydrogen-bond donors (Lipinski definition) is 1. The van der Waals surface area contributed by atoms with E-state index in [0.717, 1.165) is 17.0 Å². The van der Waals surface area contributed by atoms with E-state index in [0.29, 0.717) is 42.3 Å². The van der Waals surface area contributed by atoms with Crippen molar-refractivity contribution in [2.75, 3.05) is 12.3 Å². The number of nitrogen functional groups attached to an aromatic ring is 1. The second kappa shape index (κ2) is 6.00. The molecule has 0 aliphatic carbocycles. The number of rotatable bonds is 2. The van der Waals surface area contributed by atoms with Gasteiger partial charge in [0.05, 0.1) is 23.0 Å². The molecule has 7 nitrogen and oxygen atoms in total. The van der Waals surface area contributed by atoms with Crippen LogP contribution in [0.5, 0.6) is 0 Å². The molecule has 0 bridgehead atoms. The van der Waals surface area contributed by atoms with Gasteiger partial charge in [0.1, 0.15) is 11.3 Å². The van der Waals surface area contributed by atoms with E-state index in [1.807, 2.05) is 13.0 Å². The highest BCUT2D eigenvalue weighted by Gasteiger charge is 2.27. The Hall–Kier alpha value is -2.67. The molecule has 3 aromatic heterocycles. The molecule has 25 heavy (non-hydrogen) atoms. The molecule has 0 saturated heterocycles. The fraction of sp³-hybridized carbons (Fsp3) is 0.294. The second-order valence-electron chi connectivity index (χ2n) is 6.01. The van der Waals surface area contributed by atoms with Crippen molar-refractivity contribution >= 4 is 29.1 Å². The lowest BCUT2D eigenvalue weighted by Gasteiger charge is -2.28. The Morgan fingerprint density at radius 3 is 3.00 bits per heavy atom. The number of carbonyl (C=O) groups is 1. The van der Waals surface area contributed by atoms with Gasteiger partial charge >= 0.3 is 0 Å². The Labute approximate surface area is 149 Å². The Morgan fingerprint density at radius 1 is 1.36 bits per heavy atom. The summed E-state index contributed by atoms with van der Waals surface area (Å²) in [5.74, 6) is 0.151. The number of fused-ring (bicyclic) bond motifs is 2. The first-order valence-electron chi connectivity index (χ1n) is 8.13. The van der Waals surface area contributed by atoms with Crippen LogP contribution in [0.3, 0.4) is 0 Å². The van der Waals surface area contributed by atoms with Crippen LogP contribution < -0.4 is 5.73 Å². The second-order valence-corrected chi connectivity index (χ2v) is 6.45. The van der Waals surface area contributed by atoms with E-state index in [2.05, 4.69) is 15.0 Å². The zero-order valence-electron chi connectivity index (χ0n) is 13.7. The first kappa shape index (κ1) is 15.8. The minimum absolute atomic E-state index is 0.0746. The average molecular weight is 357 g/mol. The Bertz CT molecular complexity index is 983. The first-order valence-corrected chi connectivity index (χ1v) is 8.50. The van der Waals surface area contributed by atoms with Crippen molar-refractivity contribution in [2.24, 2.45) is 0 Å². The number of amides is 1. The lowest BCUT2D eigenvalue weighted by molar-refractivity contribution is 0.0723. The summed E-state index contributed by atoms with van der Waals surface area (Å²) in [5.41, 5.74) is 9.56. The number of pyridine rings is 1. The molecule has 0 unspecified atom stereocenters. The van der Waals surface area contributed by atoms with Crippen molar-refractivity contribution in [2.45, 2.75) is 26.3 Å². The third kappa shape index (κ3) is 2.70. The van der Waals surface area contributed by atoms with Gasteiger partial charge in [0.25, 0.3) is 5.91 Å². The van der Waals surface area contributed by atoms with Crippen molar-refractivity contribution in [3.63, 3.8) is 0 Å². The summed E-state index contributed by atoms with van der Waals surface area (Å²) < 4.78 is 1.77. The molecule has 0 atom stereocenters. The molecule has 1 aliphatic heterocycles. The summed E-state index contributed by atoms with van der Waals surface area (Å²) >= 11 is 6.11. The van der Waals surface area contributed by atoms with Crippen molar-refractivity contribution < 1.29 is 4.79 Å². The number of nitrogens with zero attached hydrogens (tertiary/aromatic N) is 5. The summed E-state index contributed by atoms with van der Waals surface area (Å²) in [6, 6.07) is 3.59. The molecular weight excluding hydrogens is 340 g/mol. The quantitative estimate of drug-likeness (QED) is 0.759. The van der Waals surface area contributed by atoms with E-state index in [9.17, 15) is 4.79 Å². The summed E-state index contributed by atoms with van der Waals surface area (Å²) in [6.07, 6.45) is 4.85. The van der Waals surface area contributed by atoms with E-state index < -0.39 is 0 Å². The van der Waals surface area contributed by atoms with Crippen LogP contribution in [-0.2, 0) is 19.4 Å². The Balaban J connectivity index is 1.74. The van der Waals surface area contributed by atoms with Gasteiger partial charge in [0, 0.05) is 18.9 Å². The molecule has 0 fully saturated rings. The molecular formula is C17H17ClN6O. The lowest BCUT2D eigenvalue weighted by atomic mass is 10.1. The van der Waals surface area contributed by atoms with Crippen LogP contribution in [-0.4, -0.2) is 36.7 Å². The van der Waals surface area contributed by atoms with Gasteiger partial charge in [-0.05, 0) is 30.5 Å². The molecule has 4 heterocycles. The van der Waals surface area contributed by atoms with Gasteiger partial charge in [0.15, 0.2) is 0 Å². The molecule has 4 rings (SSSR count). The van der Waals surface area contributed by atoms with Crippen LogP contribution in [0, 0.1) is 0 Å². The number of nitrogens with two attached hydrogens (primary N) is 1. The van der Waals surface area contributed by atoms with E-state index in [-0.39, 0.29) is 11.9 Å². The standard InChI is InChI=1S/C17H17ClN6O/c1-2-12-15(24-8-11(18)3-4-14(24)21-12)16(25)23-6-5-10-7-20-17(19)22-13(10)9-23/h3-4,7-8H,2,5-6,9H2,1H3,(H2,19,20,22). The molecule has 0 spiro atoms.